The molecule has 0 bridgehead atoms. The van der Waals surface area contributed by atoms with Crippen LogP contribution < -0.4 is 20.6 Å². The van der Waals surface area contributed by atoms with Gasteiger partial charge in [-0.15, -0.1) is 0 Å². The number of amides is 3. The summed E-state index contributed by atoms with van der Waals surface area (Å²) in [6, 6.07) is 16.3. The summed E-state index contributed by atoms with van der Waals surface area (Å²) < 4.78 is 0. The van der Waals surface area contributed by atoms with E-state index in [2.05, 4.69) is 16.3 Å². The molecule has 0 aromatic heterocycles. The average Bonchev–Trinajstić information content (AvgIpc) is 2.84. The summed E-state index contributed by atoms with van der Waals surface area (Å²) in [5.41, 5.74) is 5.60. The maximum Gasteiger partial charge on any atom is 0.322 e. The number of para-hydroxylation sites is 2. The highest BCUT2D eigenvalue weighted by Crippen LogP contribution is 2.34. The van der Waals surface area contributed by atoms with E-state index in [4.69, 9.17) is 5.21 Å². The van der Waals surface area contributed by atoms with Gasteiger partial charge in [0.1, 0.15) is 0 Å². The van der Waals surface area contributed by atoms with Gasteiger partial charge < -0.3 is 10.2 Å². The Morgan fingerprint density at radius 1 is 0.969 bits per heavy atom. The Labute approximate surface area is 188 Å². The second-order valence-corrected chi connectivity index (χ2v) is 8.40. The number of urea groups is 1. The minimum Gasteiger partial charge on any atom is -0.364 e. The Morgan fingerprint density at radius 2 is 1.69 bits per heavy atom. The van der Waals surface area contributed by atoms with Crippen molar-refractivity contribution < 1.29 is 14.8 Å². The van der Waals surface area contributed by atoms with Gasteiger partial charge in [-0.1, -0.05) is 55.7 Å². The summed E-state index contributed by atoms with van der Waals surface area (Å²) >= 11 is 0. The molecule has 1 aliphatic carbocycles. The number of carbonyl (C=O) groups is 2. The van der Waals surface area contributed by atoms with Crippen LogP contribution in [0.5, 0.6) is 0 Å². The molecule has 2 aromatic carbocycles. The molecule has 2 aromatic rings. The lowest BCUT2D eigenvalue weighted by molar-refractivity contribution is -0.124. The first-order valence-corrected chi connectivity index (χ1v) is 11.3. The van der Waals surface area contributed by atoms with E-state index in [1.54, 1.807) is 11.6 Å². The second-order valence-electron chi connectivity index (χ2n) is 8.40. The van der Waals surface area contributed by atoms with Gasteiger partial charge in [0.25, 0.3) is 5.91 Å². The summed E-state index contributed by atoms with van der Waals surface area (Å²) in [5, 5.41) is 11.8. The summed E-state index contributed by atoms with van der Waals surface area (Å²) in [4.78, 5) is 28.3. The predicted molar refractivity (Wildman–Crippen MR) is 126 cm³/mol. The van der Waals surface area contributed by atoms with Gasteiger partial charge in [-0.3, -0.25) is 14.9 Å². The van der Waals surface area contributed by atoms with Gasteiger partial charge in [0.05, 0.1) is 11.4 Å². The summed E-state index contributed by atoms with van der Waals surface area (Å²) in [6.45, 7) is 2.14. The fourth-order valence-corrected chi connectivity index (χ4v) is 4.46. The van der Waals surface area contributed by atoms with Crippen LogP contribution in [0.15, 0.2) is 54.6 Å². The number of hydrogen-bond donors (Lipinski definition) is 3. The number of fused-ring (bicyclic) bond motifs is 1. The quantitative estimate of drug-likeness (QED) is 0.376. The molecule has 168 valence electrons. The monoisotopic (exact) mass is 434 g/mol. The number of nitrogens with one attached hydrogen (secondary N) is 2. The highest BCUT2D eigenvalue weighted by molar-refractivity contribution is 5.97. The van der Waals surface area contributed by atoms with E-state index in [9.17, 15) is 9.59 Å². The normalized spacial score (nSPS) is 16.7. The Morgan fingerprint density at radius 3 is 2.41 bits per heavy atom. The van der Waals surface area contributed by atoms with Crippen molar-refractivity contribution in [3.63, 3.8) is 0 Å². The molecule has 3 N–H and O–H groups in total. The fourth-order valence-electron chi connectivity index (χ4n) is 4.46. The Hall–Kier alpha value is -3.32. The van der Waals surface area contributed by atoms with Crippen LogP contribution in [0.4, 0.5) is 16.2 Å². The predicted octanol–water partition coefficient (Wildman–Crippen LogP) is 4.07. The Balaban J connectivity index is 1.44. The van der Waals surface area contributed by atoms with Crippen molar-refractivity contribution in [2.45, 2.75) is 44.7 Å². The molecular weight excluding hydrogens is 404 g/mol. The van der Waals surface area contributed by atoms with E-state index in [0.717, 1.165) is 48.4 Å². The molecule has 3 amide bonds. The molecule has 4 rings (SSSR count). The first-order chi connectivity index (χ1) is 15.6. The number of benzene rings is 2. The molecular formula is C25H30N4O3. The van der Waals surface area contributed by atoms with Crippen molar-refractivity contribution in [3.8, 4) is 0 Å². The standard InChI is InChI=1S/C25H30N4O3/c30-24(27-32)15-14-19-10-12-20(13-11-19)18-28-16-17-29(23-9-5-4-8-22(23)28)25(31)26-21-6-2-1-3-7-21/h4-5,8-15,21,32H,1-3,6-7,16-18H2,(H,26,31)(H,27,30). The molecule has 1 heterocycles. The minimum atomic E-state index is -0.559. The van der Waals surface area contributed by atoms with Crippen LogP contribution in [-0.2, 0) is 11.3 Å². The summed E-state index contributed by atoms with van der Waals surface area (Å²) in [7, 11) is 0. The van der Waals surface area contributed by atoms with Crippen LogP contribution in [0.25, 0.3) is 6.08 Å². The zero-order valence-electron chi connectivity index (χ0n) is 18.2. The number of anilines is 2. The number of nitrogens with zero attached hydrogens (tertiary/aromatic N) is 2. The van der Waals surface area contributed by atoms with Crippen LogP contribution >= 0.6 is 0 Å². The number of carbonyl (C=O) groups excluding carboxylic acids is 2. The molecule has 7 heteroatoms. The molecule has 7 nitrogen and oxygen atoms in total. The number of hydroxylamine groups is 1. The third-order valence-corrected chi connectivity index (χ3v) is 6.18. The largest absolute Gasteiger partial charge is 0.364 e. The molecule has 0 radical (unpaired) electrons. The van der Waals surface area contributed by atoms with Crippen LogP contribution in [0.3, 0.4) is 0 Å². The van der Waals surface area contributed by atoms with Gasteiger partial charge >= 0.3 is 6.03 Å². The molecule has 0 atom stereocenters. The lowest BCUT2D eigenvalue weighted by Gasteiger charge is -2.38. The van der Waals surface area contributed by atoms with Crippen molar-refractivity contribution in [2.75, 3.05) is 22.9 Å². The second kappa shape index (κ2) is 10.3. The lowest BCUT2D eigenvalue weighted by atomic mass is 9.96. The molecule has 0 unspecified atom stereocenters. The molecule has 2 aliphatic rings. The van der Waals surface area contributed by atoms with Crippen molar-refractivity contribution in [2.24, 2.45) is 0 Å². The van der Waals surface area contributed by atoms with Crippen LogP contribution in [-0.4, -0.2) is 36.3 Å². The van der Waals surface area contributed by atoms with Gasteiger partial charge in [0, 0.05) is 31.8 Å². The van der Waals surface area contributed by atoms with E-state index in [0.29, 0.717) is 6.54 Å². The van der Waals surface area contributed by atoms with Crippen LogP contribution in [0.2, 0.25) is 0 Å². The highest BCUT2D eigenvalue weighted by atomic mass is 16.5. The first kappa shape index (κ1) is 21.9. The van der Waals surface area contributed by atoms with E-state index >= 15 is 0 Å². The smallest absolute Gasteiger partial charge is 0.322 e. The average molecular weight is 435 g/mol. The van der Waals surface area contributed by atoms with Crippen molar-refractivity contribution >= 4 is 29.4 Å². The van der Waals surface area contributed by atoms with Gasteiger partial charge in [-0.25, -0.2) is 10.3 Å². The Kier molecular flexibility index (Phi) is 7.07. The van der Waals surface area contributed by atoms with Crippen LogP contribution in [0, 0.1) is 0 Å². The van der Waals surface area contributed by atoms with E-state index in [1.807, 2.05) is 47.4 Å². The molecule has 1 saturated carbocycles. The number of hydrogen-bond acceptors (Lipinski definition) is 4. The van der Waals surface area contributed by atoms with Crippen molar-refractivity contribution in [1.82, 2.24) is 10.8 Å². The van der Waals surface area contributed by atoms with E-state index in [1.165, 1.54) is 25.3 Å². The Bertz CT molecular complexity index is 967. The first-order valence-electron chi connectivity index (χ1n) is 11.3. The van der Waals surface area contributed by atoms with Crippen molar-refractivity contribution in [3.05, 3.63) is 65.7 Å². The molecule has 32 heavy (non-hydrogen) atoms. The van der Waals surface area contributed by atoms with Gasteiger partial charge in [0.15, 0.2) is 0 Å². The topological polar surface area (TPSA) is 84.9 Å². The van der Waals surface area contributed by atoms with Gasteiger partial charge in [0.2, 0.25) is 0 Å². The third kappa shape index (κ3) is 5.29. The maximum absolute atomic E-state index is 13.0. The number of rotatable bonds is 5. The zero-order valence-corrected chi connectivity index (χ0v) is 18.2. The lowest BCUT2D eigenvalue weighted by Crippen LogP contribution is -2.50. The van der Waals surface area contributed by atoms with Gasteiger partial charge in [-0.2, -0.15) is 0 Å². The summed E-state index contributed by atoms with van der Waals surface area (Å²) in [5.74, 6) is -0.559. The maximum atomic E-state index is 13.0. The molecule has 1 aliphatic heterocycles. The zero-order chi connectivity index (χ0) is 22.3. The van der Waals surface area contributed by atoms with Gasteiger partial charge in [-0.05, 0) is 42.2 Å². The molecule has 1 fully saturated rings. The highest BCUT2D eigenvalue weighted by Gasteiger charge is 2.28. The van der Waals surface area contributed by atoms with Crippen LogP contribution in [0.1, 0.15) is 43.2 Å². The molecule has 0 spiro atoms. The fraction of sp³-hybridized carbons (Fsp3) is 0.360. The van der Waals surface area contributed by atoms with Crippen molar-refractivity contribution in [1.29, 1.82) is 0 Å². The van der Waals surface area contributed by atoms with E-state index in [-0.39, 0.29) is 12.1 Å². The molecule has 0 saturated heterocycles. The third-order valence-electron chi connectivity index (χ3n) is 6.18. The SMILES string of the molecule is O=C(C=Cc1ccc(CN2CCN(C(=O)NC3CCCCC3)c3ccccc32)cc1)NO. The summed E-state index contributed by atoms with van der Waals surface area (Å²) in [6.07, 6.45) is 8.73. The van der Waals surface area contributed by atoms with E-state index < -0.39 is 5.91 Å². The minimum absolute atomic E-state index is 0.00653.